The summed E-state index contributed by atoms with van der Waals surface area (Å²) in [5, 5.41) is 0. The average molecular weight is 389 g/mol. The molecule has 122 valence electrons. The van der Waals surface area contributed by atoms with Crippen molar-refractivity contribution >= 4 is 33.8 Å². The van der Waals surface area contributed by atoms with Crippen molar-refractivity contribution in [2.24, 2.45) is 0 Å². The summed E-state index contributed by atoms with van der Waals surface area (Å²) in [6.07, 6.45) is 1.67. The Morgan fingerprint density at radius 2 is 2.08 bits per heavy atom. The van der Waals surface area contributed by atoms with E-state index in [4.69, 9.17) is 14.2 Å². The fourth-order valence-electron chi connectivity index (χ4n) is 2.26. The van der Waals surface area contributed by atoms with Crippen LogP contribution in [0.4, 0.5) is 0 Å². The number of esters is 1. The summed E-state index contributed by atoms with van der Waals surface area (Å²) in [5.74, 6) is 0.158. The van der Waals surface area contributed by atoms with E-state index >= 15 is 0 Å². The minimum Gasteiger partial charge on any atom is -0.452 e. The highest BCUT2D eigenvalue weighted by molar-refractivity contribution is 9.10. The molecule has 0 N–H and O–H groups in total. The van der Waals surface area contributed by atoms with E-state index < -0.39 is 5.97 Å². The van der Waals surface area contributed by atoms with Crippen molar-refractivity contribution in [2.75, 3.05) is 13.7 Å². The SMILES string of the molecule is COCC(=O)Oc1ccc2c(c1)O/C(=C\c1cccc(Br)c1)C2=O. The first-order chi connectivity index (χ1) is 11.6. The fraction of sp³-hybridized carbons (Fsp3) is 0.111. The maximum absolute atomic E-state index is 12.4. The molecule has 0 unspecified atom stereocenters. The molecule has 0 fully saturated rings. The van der Waals surface area contributed by atoms with Gasteiger partial charge >= 0.3 is 5.97 Å². The highest BCUT2D eigenvalue weighted by Gasteiger charge is 2.28. The molecule has 0 bridgehead atoms. The van der Waals surface area contributed by atoms with E-state index in [9.17, 15) is 9.59 Å². The van der Waals surface area contributed by atoms with Gasteiger partial charge in [0.2, 0.25) is 5.78 Å². The molecule has 0 spiro atoms. The largest absolute Gasteiger partial charge is 0.452 e. The molecule has 3 rings (SSSR count). The third-order valence-electron chi connectivity index (χ3n) is 3.28. The van der Waals surface area contributed by atoms with E-state index in [-0.39, 0.29) is 18.1 Å². The molecule has 0 saturated carbocycles. The van der Waals surface area contributed by atoms with Crippen LogP contribution in [0.5, 0.6) is 11.5 Å². The van der Waals surface area contributed by atoms with Gasteiger partial charge in [-0.1, -0.05) is 28.1 Å². The van der Waals surface area contributed by atoms with E-state index in [1.54, 1.807) is 18.2 Å². The molecule has 1 heterocycles. The van der Waals surface area contributed by atoms with Crippen LogP contribution in [0.2, 0.25) is 0 Å². The molecule has 5 nitrogen and oxygen atoms in total. The second-order valence-corrected chi connectivity index (χ2v) is 5.98. The van der Waals surface area contributed by atoms with Crippen molar-refractivity contribution in [3.8, 4) is 11.5 Å². The third-order valence-corrected chi connectivity index (χ3v) is 3.77. The van der Waals surface area contributed by atoms with E-state index in [0.29, 0.717) is 17.1 Å². The lowest BCUT2D eigenvalue weighted by Gasteiger charge is -2.04. The van der Waals surface area contributed by atoms with E-state index in [1.165, 1.54) is 13.2 Å². The number of hydrogen-bond acceptors (Lipinski definition) is 5. The van der Waals surface area contributed by atoms with Crippen molar-refractivity contribution in [1.82, 2.24) is 0 Å². The summed E-state index contributed by atoms with van der Waals surface area (Å²) >= 11 is 3.39. The highest BCUT2D eigenvalue weighted by Crippen LogP contribution is 2.35. The number of methoxy groups -OCH3 is 1. The zero-order valence-corrected chi connectivity index (χ0v) is 14.3. The van der Waals surface area contributed by atoms with Crippen molar-refractivity contribution in [3.05, 3.63) is 63.8 Å². The van der Waals surface area contributed by atoms with Crippen LogP contribution in [0.3, 0.4) is 0 Å². The van der Waals surface area contributed by atoms with Gasteiger partial charge in [0.25, 0.3) is 0 Å². The lowest BCUT2D eigenvalue weighted by Crippen LogP contribution is -2.14. The van der Waals surface area contributed by atoms with Crippen molar-refractivity contribution in [2.45, 2.75) is 0 Å². The standard InChI is InChI=1S/C18H13BrO5/c1-22-10-17(20)23-13-5-6-14-15(9-13)24-16(18(14)21)8-11-3-2-4-12(19)7-11/h2-9H,10H2,1H3/b16-8-. The van der Waals surface area contributed by atoms with Crippen LogP contribution in [0.1, 0.15) is 15.9 Å². The topological polar surface area (TPSA) is 61.8 Å². The molecule has 0 amide bonds. The summed E-state index contributed by atoms with van der Waals surface area (Å²) in [6.45, 7) is -0.148. The van der Waals surface area contributed by atoms with Crippen LogP contribution in [0.15, 0.2) is 52.7 Å². The number of hydrogen-bond donors (Lipinski definition) is 0. The first-order valence-corrected chi connectivity index (χ1v) is 7.89. The van der Waals surface area contributed by atoms with Gasteiger partial charge in [-0.2, -0.15) is 0 Å². The van der Waals surface area contributed by atoms with E-state index in [0.717, 1.165) is 10.0 Å². The maximum atomic E-state index is 12.4. The molecule has 0 saturated heterocycles. The highest BCUT2D eigenvalue weighted by atomic mass is 79.9. The van der Waals surface area contributed by atoms with E-state index in [2.05, 4.69) is 15.9 Å². The minimum atomic E-state index is -0.522. The van der Waals surface area contributed by atoms with Gasteiger partial charge in [0, 0.05) is 17.6 Å². The molecule has 2 aromatic carbocycles. The number of Topliss-reactive ketones (excluding diaryl/α,β-unsaturated/α-hetero) is 1. The molecule has 2 aromatic rings. The van der Waals surface area contributed by atoms with Crippen molar-refractivity contribution in [3.63, 3.8) is 0 Å². The lowest BCUT2D eigenvalue weighted by molar-refractivity contribution is -0.138. The number of halogens is 1. The number of rotatable bonds is 4. The Morgan fingerprint density at radius 3 is 2.83 bits per heavy atom. The number of ether oxygens (including phenoxy) is 3. The maximum Gasteiger partial charge on any atom is 0.337 e. The number of carbonyl (C=O) groups excluding carboxylic acids is 2. The smallest absolute Gasteiger partial charge is 0.337 e. The van der Waals surface area contributed by atoms with Gasteiger partial charge in [0.05, 0.1) is 5.56 Å². The van der Waals surface area contributed by atoms with Gasteiger partial charge in [-0.3, -0.25) is 4.79 Å². The molecule has 0 atom stereocenters. The van der Waals surface area contributed by atoms with Crippen LogP contribution in [0, 0.1) is 0 Å². The Balaban J connectivity index is 1.83. The normalized spacial score (nSPS) is 14.4. The lowest BCUT2D eigenvalue weighted by atomic mass is 10.1. The molecule has 6 heteroatoms. The number of benzene rings is 2. The Labute approximate surface area is 147 Å². The van der Waals surface area contributed by atoms with E-state index in [1.807, 2.05) is 24.3 Å². The minimum absolute atomic E-state index is 0.148. The molecular formula is C18H13BrO5. The second-order valence-electron chi connectivity index (χ2n) is 5.06. The summed E-state index contributed by atoms with van der Waals surface area (Å²) in [5.41, 5.74) is 1.27. The molecule has 24 heavy (non-hydrogen) atoms. The predicted octanol–water partition coefficient (Wildman–Crippen LogP) is 3.62. The number of carbonyl (C=O) groups is 2. The van der Waals surface area contributed by atoms with Gasteiger partial charge in [-0.25, -0.2) is 4.79 Å². The first kappa shape index (κ1) is 16.4. The van der Waals surface area contributed by atoms with Gasteiger partial charge in [0.1, 0.15) is 18.1 Å². The zero-order valence-electron chi connectivity index (χ0n) is 12.7. The Bertz CT molecular complexity index is 841. The molecule has 0 aliphatic carbocycles. The molecule has 0 aromatic heterocycles. The number of fused-ring (bicyclic) bond motifs is 1. The Kier molecular flexibility index (Phi) is 4.78. The van der Waals surface area contributed by atoms with Gasteiger partial charge in [0.15, 0.2) is 5.76 Å². The van der Waals surface area contributed by atoms with Crippen LogP contribution in [-0.4, -0.2) is 25.5 Å². The average Bonchev–Trinajstić information content (AvgIpc) is 2.83. The van der Waals surface area contributed by atoms with Crippen LogP contribution in [-0.2, 0) is 9.53 Å². The zero-order chi connectivity index (χ0) is 17.1. The van der Waals surface area contributed by atoms with Crippen LogP contribution in [0.25, 0.3) is 6.08 Å². The molecular weight excluding hydrogens is 376 g/mol. The van der Waals surface area contributed by atoms with Gasteiger partial charge < -0.3 is 14.2 Å². The molecule has 1 aliphatic rings. The molecule has 0 radical (unpaired) electrons. The summed E-state index contributed by atoms with van der Waals surface area (Å²) in [7, 11) is 1.41. The summed E-state index contributed by atoms with van der Waals surface area (Å²) < 4.78 is 16.3. The first-order valence-electron chi connectivity index (χ1n) is 7.10. The van der Waals surface area contributed by atoms with Gasteiger partial charge in [-0.05, 0) is 35.9 Å². The Morgan fingerprint density at radius 1 is 1.25 bits per heavy atom. The van der Waals surface area contributed by atoms with Crippen molar-refractivity contribution in [1.29, 1.82) is 0 Å². The third kappa shape index (κ3) is 3.55. The second kappa shape index (κ2) is 6.98. The Hall–Kier alpha value is -2.44. The van der Waals surface area contributed by atoms with Crippen LogP contribution >= 0.6 is 15.9 Å². The fourth-order valence-corrected chi connectivity index (χ4v) is 2.67. The quantitative estimate of drug-likeness (QED) is 0.454. The number of allylic oxidation sites excluding steroid dienone is 1. The predicted molar refractivity (Wildman–Crippen MR) is 91.0 cm³/mol. The van der Waals surface area contributed by atoms with Gasteiger partial charge in [-0.15, -0.1) is 0 Å². The summed E-state index contributed by atoms with van der Waals surface area (Å²) in [6, 6.07) is 12.2. The van der Waals surface area contributed by atoms with Crippen LogP contribution < -0.4 is 9.47 Å². The molecule has 1 aliphatic heterocycles. The van der Waals surface area contributed by atoms with Crippen molar-refractivity contribution < 1.29 is 23.8 Å². The number of ketones is 1. The summed E-state index contributed by atoms with van der Waals surface area (Å²) in [4.78, 5) is 23.8. The monoisotopic (exact) mass is 388 g/mol.